The molecule has 0 spiro atoms. The third kappa shape index (κ3) is 4.79. The van der Waals surface area contributed by atoms with Gasteiger partial charge in [-0.2, -0.15) is 8.78 Å². The van der Waals surface area contributed by atoms with Crippen molar-refractivity contribution in [2.75, 3.05) is 19.7 Å². The summed E-state index contributed by atoms with van der Waals surface area (Å²) in [5, 5.41) is 0. The van der Waals surface area contributed by atoms with E-state index in [0.717, 1.165) is 4.90 Å². The van der Waals surface area contributed by atoms with Crippen LogP contribution in [-0.2, 0) is 14.3 Å². The van der Waals surface area contributed by atoms with Gasteiger partial charge in [0, 0.05) is 0 Å². The van der Waals surface area contributed by atoms with Gasteiger partial charge in [-0.3, -0.25) is 4.90 Å². The first-order valence-corrected chi connectivity index (χ1v) is 6.28. The highest BCUT2D eigenvalue weighted by atomic mass is 19.3. The summed E-state index contributed by atoms with van der Waals surface area (Å²) in [5.41, 5.74) is -1.04. The van der Waals surface area contributed by atoms with Crippen LogP contribution in [0.25, 0.3) is 0 Å². The number of ether oxygens (including phenoxy) is 2. The normalized spacial score (nSPS) is 18.3. The van der Waals surface area contributed by atoms with Gasteiger partial charge in [-0.25, -0.2) is 9.59 Å². The Labute approximate surface area is 116 Å². The molecule has 0 unspecified atom stereocenters. The summed E-state index contributed by atoms with van der Waals surface area (Å²) in [7, 11) is 0. The zero-order chi connectivity index (χ0) is 15.6. The van der Waals surface area contributed by atoms with E-state index in [1.54, 1.807) is 27.7 Å². The Balaban J connectivity index is 2.86. The summed E-state index contributed by atoms with van der Waals surface area (Å²) >= 11 is 0. The Kier molecular flexibility index (Phi) is 4.73. The average molecular weight is 291 g/mol. The molecule has 114 valence electrons. The Morgan fingerprint density at radius 1 is 1.40 bits per heavy atom. The molecule has 0 atom stereocenters. The number of carbonyl (C=O) groups excluding carboxylic acids is 2. The van der Waals surface area contributed by atoms with Crippen LogP contribution in [0.3, 0.4) is 0 Å². The maximum atomic E-state index is 13.6. The molecule has 1 aliphatic rings. The first-order chi connectivity index (χ1) is 9.04. The van der Waals surface area contributed by atoms with Crippen LogP contribution in [0.5, 0.6) is 0 Å². The second-order valence-corrected chi connectivity index (χ2v) is 5.49. The first-order valence-electron chi connectivity index (χ1n) is 6.28. The van der Waals surface area contributed by atoms with Gasteiger partial charge in [-0.05, 0) is 33.8 Å². The van der Waals surface area contributed by atoms with Crippen molar-refractivity contribution in [3.8, 4) is 0 Å². The highest BCUT2D eigenvalue weighted by Gasteiger charge is 2.40. The van der Waals surface area contributed by atoms with Gasteiger partial charge < -0.3 is 9.47 Å². The van der Waals surface area contributed by atoms with Crippen molar-refractivity contribution in [1.29, 1.82) is 0 Å². The van der Waals surface area contributed by atoms with Crippen LogP contribution >= 0.6 is 0 Å². The fourth-order valence-electron chi connectivity index (χ4n) is 1.67. The first kappa shape index (κ1) is 16.4. The van der Waals surface area contributed by atoms with Crippen molar-refractivity contribution in [1.82, 2.24) is 4.90 Å². The van der Waals surface area contributed by atoms with E-state index in [0.29, 0.717) is 6.08 Å². The molecule has 1 aliphatic heterocycles. The molecule has 0 aromatic rings. The van der Waals surface area contributed by atoms with Gasteiger partial charge >= 0.3 is 12.1 Å². The molecule has 20 heavy (non-hydrogen) atoms. The molecular weight excluding hydrogens is 272 g/mol. The second-order valence-electron chi connectivity index (χ2n) is 5.49. The van der Waals surface area contributed by atoms with Crippen LogP contribution in [0.15, 0.2) is 11.6 Å². The molecule has 0 saturated carbocycles. The van der Waals surface area contributed by atoms with Crippen molar-refractivity contribution in [3.63, 3.8) is 0 Å². The number of amides is 1. The smallest absolute Gasteiger partial charge is 0.410 e. The minimum atomic E-state index is -3.28. The predicted molar refractivity (Wildman–Crippen MR) is 67.5 cm³/mol. The Morgan fingerprint density at radius 3 is 2.50 bits per heavy atom. The molecule has 0 aliphatic carbocycles. The van der Waals surface area contributed by atoms with Gasteiger partial charge in [0.2, 0.25) is 0 Å². The van der Waals surface area contributed by atoms with E-state index in [1.165, 1.54) is 0 Å². The van der Waals surface area contributed by atoms with Crippen molar-refractivity contribution in [2.45, 2.75) is 39.2 Å². The van der Waals surface area contributed by atoms with Crippen LogP contribution in [0.2, 0.25) is 0 Å². The predicted octanol–water partition coefficient (Wildman–Crippen LogP) is 2.36. The topological polar surface area (TPSA) is 55.8 Å². The number of carbonyl (C=O) groups is 2. The molecule has 0 aromatic carbocycles. The summed E-state index contributed by atoms with van der Waals surface area (Å²) in [6.07, 6.45) is -0.335. The maximum Gasteiger partial charge on any atom is 0.410 e. The van der Waals surface area contributed by atoms with E-state index in [1.807, 2.05) is 0 Å². The highest BCUT2D eigenvalue weighted by molar-refractivity contribution is 5.90. The van der Waals surface area contributed by atoms with Gasteiger partial charge in [0.1, 0.15) is 5.60 Å². The van der Waals surface area contributed by atoms with Crippen LogP contribution in [-0.4, -0.2) is 48.2 Å². The number of hydrogen-bond acceptors (Lipinski definition) is 4. The number of hydrogen-bond donors (Lipinski definition) is 0. The molecule has 1 amide bonds. The molecule has 0 aromatic heterocycles. The van der Waals surface area contributed by atoms with Gasteiger partial charge in [0.05, 0.1) is 25.3 Å². The molecule has 7 heteroatoms. The standard InChI is InChI=1S/C13H19F2NO4/c1-5-19-10(17)9-6-13(14,15)8-16(7-9)11(18)20-12(2,3)4/h6H,5,7-8H2,1-4H3. The average Bonchev–Trinajstić information content (AvgIpc) is 2.24. The molecule has 0 bridgehead atoms. The third-order valence-corrected chi connectivity index (χ3v) is 2.34. The Morgan fingerprint density at radius 2 is 2.00 bits per heavy atom. The number of alkyl halides is 2. The van der Waals surface area contributed by atoms with Crippen molar-refractivity contribution in [3.05, 3.63) is 11.6 Å². The van der Waals surface area contributed by atoms with E-state index in [4.69, 9.17) is 4.74 Å². The lowest BCUT2D eigenvalue weighted by Crippen LogP contribution is -2.47. The van der Waals surface area contributed by atoms with Gasteiger partial charge in [0.15, 0.2) is 0 Å². The highest BCUT2D eigenvalue weighted by Crippen LogP contribution is 2.26. The van der Waals surface area contributed by atoms with Gasteiger partial charge in [-0.15, -0.1) is 0 Å². The van der Waals surface area contributed by atoms with Crippen LogP contribution in [0.1, 0.15) is 27.7 Å². The quantitative estimate of drug-likeness (QED) is 0.733. The summed E-state index contributed by atoms with van der Waals surface area (Å²) in [4.78, 5) is 24.2. The van der Waals surface area contributed by atoms with Crippen LogP contribution in [0, 0.1) is 0 Å². The zero-order valence-electron chi connectivity index (χ0n) is 12.0. The van der Waals surface area contributed by atoms with Crippen molar-refractivity contribution < 1.29 is 27.8 Å². The lowest BCUT2D eigenvalue weighted by Gasteiger charge is -2.32. The minimum Gasteiger partial charge on any atom is -0.463 e. The maximum absolute atomic E-state index is 13.6. The van der Waals surface area contributed by atoms with Crippen LogP contribution < -0.4 is 0 Å². The summed E-state index contributed by atoms with van der Waals surface area (Å²) in [5.74, 6) is -4.13. The van der Waals surface area contributed by atoms with E-state index < -0.39 is 30.1 Å². The summed E-state index contributed by atoms with van der Waals surface area (Å²) < 4.78 is 36.8. The SMILES string of the molecule is CCOC(=O)C1=CC(F)(F)CN(C(=O)OC(C)(C)C)C1. The molecule has 0 fully saturated rings. The van der Waals surface area contributed by atoms with Crippen molar-refractivity contribution >= 4 is 12.1 Å². The molecule has 5 nitrogen and oxygen atoms in total. The van der Waals surface area contributed by atoms with Crippen molar-refractivity contribution in [2.24, 2.45) is 0 Å². The summed E-state index contributed by atoms with van der Waals surface area (Å²) in [6.45, 7) is 5.49. The fraction of sp³-hybridized carbons (Fsp3) is 0.692. The molecule has 0 N–H and O–H groups in total. The van der Waals surface area contributed by atoms with E-state index in [2.05, 4.69) is 4.74 Å². The molecule has 1 rings (SSSR count). The van der Waals surface area contributed by atoms with Gasteiger partial charge in [-0.1, -0.05) is 0 Å². The van der Waals surface area contributed by atoms with Gasteiger partial charge in [0.25, 0.3) is 5.92 Å². The Bertz CT molecular complexity index is 427. The largest absolute Gasteiger partial charge is 0.463 e. The Hall–Kier alpha value is -1.66. The van der Waals surface area contributed by atoms with E-state index in [-0.39, 0.29) is 18.7 Å². The van der Waals surface area contributed by atoms with E-state index >= 15 is 0 Å². The lowest BCUT2D eigenvalue weighted by molar-refractivity contribution is -0.139. The molecule has 0 saturated heterocycles. The molecule has 1 heterocycles. The minimum absolute atomic E-state index is 0.0776. The fourth-order valence-corrected chi connectivity index (χ4v) is 1.67. The lowest BCUT2D eigenvalue weighted by atomic mass is 10.1. The number of nitrogens with zero attached hydrogens (tertiary/aromatic N) is 1. The molecular formula is C13H19F2NO4. The summed E-state index contributed by atoms with van der Waals surface area (Å²) in [6, 6.07) is 0. The van der Waals surface area contributed by atoms with Crippen LogP contribution in [0.4, 0.5) is 13.6 Å². The zero-order valence-corrected chi connectivity index (χ0v) is 12.0. The number of halogens is 2. The monoisotopic (exact) mass is 291 g/mol. The molecule has 0 radical (unpaired) electrons. The second kappa shape index (κ2) is 5.76. The number of rotatable bonds is 2. The third-order valence-electron chi connectivity index (χ3n) is 2.34. The van der Waals surface area contributed by atoms with E-state index in [9.17, 15) is 18.4 Å². The number of esters is 1.